The van der Waals surface area contributed by atoms with Gasteiger partial charge in [0.25, 0.3) is 0 Å². The highest BCUT2D eigenvalue weighted by atomic mass is 16.5. The average molecular weight is 424 g/mol. The van der Waals surface area contributed by atoms with Crippen molar-refractivity contribution in [2.45, 2.75) is 52.7 Å². The van der Waals surface area contributed by atoms with Gasteiger partial charge in [-0.05, 0) is 64.3 Å². The molecule has 0 saturated heterocycles. The van der Waals surface area contributed by atoms with Crippen molar-refractivity contribution in [2.24, 2.45) is 5.92 Å². The average Bonchev–Trinajstić information content (AvgIpc) is 2.79. The van der Waals surface area contributed by atoms with Crippen LogP contribution in [0, 0.1) is 12.8 Å². The lowest BCUT2D eigenvalue weighted by atomic mass is 9.79. The van der Waals surface area contributed by atoms with Crippen molar-refractivity contribution in [3.05, 3.63) is 57.7 Å². The minimum Gasteiger partial charge on any atom is -0.507 e. The maximum atomic E-state index is 13.6. The number of phenolic OH excluding ortho intramolecular Hbond substituents is 2. The quantitative estimate of drug-likeness (QED) is 0.634. The van der Waals surface area contributed by atoms with E-state index >= 15 is 0 Å². The van der Waals surface area contributed by atoms with Crippen LogP contribution in [0.1, 0.15) is 66.4 Å². The number of ether oxygens (including phenoxy) is 2. The van der Waals surface area contributed by atoms with Crippen LogP contribution in [0.5, 0.6) is 23.0 Å². The van der Waals surface area contributed by atoms with E-state index in [1.54, 1.807) is 32.9 Å². The van der Waals surface area contributed by atoms with Crippen LogP contribution >= 0.6 is 0 Å². The van der Waals surface area contributed by atoms with Gasteiger partial charge in [0, 0.05) is 0 Å². The molecule has 0 amide bonds. The highest BCUT2D eigenvalue weighted by molar-refractivity contribution is 6.16. The fraction of sp³-hybridized carbons (Fsp3) is 0.400. The summed E-state index contributed by atoms with van der Waals surface area (Å²) in [7, 11) is 0. The third-order valence-corrected chi connectivity index (χ3v) is 6.11. The molecule has 31 heavy (non-hydrogen) atoms. The number of allylic oxidation sites excluding steroid dienone is 2. The fourth-order valence-electron chi connectivity index (χ4n) is 4.36. The summed E-state index contributed by atoms with van der Waals surface area (Å²) in [5, 5.41) is 32.5. The van der Waals surface area contributed by atoms with E-state index in [4.69, 9.17) is 9.47 Å². The Morgan fingerprint density at radius 3 is 2.58 bits per heavy atom. The van der Waals surface area contributed by atoms with Gasteiger partial charge >= 0.3 is 0 Å². The molecule has 0 spiro atoms. The summed E-state index contributed by atoms with van der Waals surface area (Å²) < 4.78 is 12.2. The van der Waals surface area contributed by atoms with Gasteiger partial charge in [0.2, 0.25) is 5.78 Å². The van der Waals surface area contributed by atoms with Gasteiger partial charge < -0.3 is 24.8 Å². The van der Waals surface area contributed by atoms with Gasteiger partial charge in [-0.1, -0.05) is 17.7 Å². The van der Waals surface area contributed by atoms with Crippen LogP contribution in [0.15, 0.2) is 29.8 Å². The van der Waals surface area contributed by atoms with E-state index in [1.807, 2.05) is 19.9 Å². The molecule has 0 radical (unpaired) electrons. The second kappa shape index (κ2) is 7.31. The lowest BCUT2D eigenvalue weighted by Crippen LogP contribution is -2.44. The Hall–Kier alpha value is -2.99. The summed E-state index contributed by atoms with van der Waals surface area (Å²) in [6.45, 7) is 9.24. The molecule has 0 aliphatic carbocycles. The van der Waals surface area contributed by atoms with Crippen LogP contribution < -0.4 is 9.47 Å². The monoisotopic (exact) mass is 424 g/mol. The number of carbonyl (C=O) groups is 1. The summed E-state index contributed by atoms with van der Waals surface area (Å²) in [5.41, 5.74) is 1.68. The van der Waals surface area contributed by atoms with Gasteiger partial charge in [0.05, 0.1) is 29.3 Å². The number of benzene rings is 2. The molecule has 0 aromatic heterocycles. The molecular weight excluding hydrogens is 396 g/mol. The Labute approximate surface area is 181 Å². The first kappa shape index (κ1) is 21.2. The molecule has 0 bridgehead atoms. The molecule has 6 heteroatoms. The highest BCUT2D eigenvalue weighted by Gasteiger charge is 2.47. The Morgan fingerprint density at radius 2 is 1.94 bits per heavy atom. The number of fused-ring (bicyclic) bond motifs is 1. The van der Waals surface area contributed by atoms with E-state index in [9.17, 15) is 20.1 Å². The van der Waals surface area contributed by atoms with E-state index in [0.717, 1.165) is 5.57 Å². The van der Waals surface area contributed by atoms with Gasteiger partial charge in [-0.25, -0.2) is 0 Å². The van der Waals surface area contributed by atoms with Gasteiger partial charge in [0.1, 0.15) is 34.7 Å². The van der Waals surface area contributed by atoms with E-state index in [2.05, 4.69) is 0 Å². The van der Waals surface area contributed by atoms with Gasteiger partial charge in [-0.3, -0.25) is 4.79 Å². The molecule has 2 aromatic rings. The number of hydrogen-bond acceptors (Lipinski definition) is 6. The van der Waals surface area contributed by atoms with Crippen molar-refractivity contribution < 1.29 is 29.6 Å². The number of phenols is 2. The van der Waals surface area contributed by atoms with Crippen LogP contribution in [0.25, 0.3) is 0 Å². The van der Waals surface area contributed by atoms with Gasteiger partial charge in [-0.2, -0.15) is 0 Å². The van der Waals surface area contributed by atoms with Gasteiger partial charge in [-0.15, -0.1) is 0 Å². The molecular formula is C25H28O6. The molecule has 2 heterocycles. The van der Waals surface area contributed by atoms with Crippen LogP contribution in [0.4, 0.5) is 0 Å². The Bertz CT molecular complexity index is 1100. The van der Waals surface area contributed by atoms with Crippen molar-refractivity contribution >= 4 is 5.78 Å². The van der Waals surface area contributed by atoms with Crippen molar-refractivity contribution in [3.8, 4) is 23.0 Å². The molecule has 2 aromatic carbocycles. The summed E-state index contributed by atoms with van der Waals surface area (Å²) in [4.78, 5) is 13.6. The van der Waals surface area contributed by atoms with E-state index in [0.29, 0.717) is 28.9 Å². The molecule has 2 aliphatic rings. The normalized spacial score (nSPS) is 19.5. The molecule has 2 aliphatic heterocycles. The van der Waals surface area contributed by atoms with E-state index in [1.165, 1.54) is 6.07 Å². The number of rotatable bonds is 3. The van der Waals surface area contributed by atoms with E-state index < -0.39 is 23.4 Å². The molecule has 3 N–H and O–H groups in total. The molecule has 0 unspecified atom stereocenters. The van der Waals surface area contributed by atoms with Crippen molar-refractivity contribution in [1.29, 1.82) is 0 Å². The van der Waals surface area contributed by atoms with Crippen molar-refractivity contribution in [3.63, 3.8) is 0 Å². The zero-order valence-electron chi connectivity index (χ0n) is 18.4. The Balaban J connectivity index is 1.98. The number of aliphatic hydroxyl groups is 1. The van der Waals surface area contributed by atoms with Crippen LogP contribution in [0.2, 0.25) is 0 Å². The smallest absolute Gasteiger partial charge is 0.204 e. The lowest BCUT2D eigenvalue weighted by Gasteiger charge is -2.40. The molecule has 0 fully saturated rings. The van der Waals surface area contributed by atoms with Crippen molar-refractivity contribution in [1.82, 2.24) is 0 Å². The SMILES string of the molecule is CC(C)=CCc1ccc2c(c1O)C(=O)c1c(O)cc(C)c3c1[C@@H](O2)[C@H](C(C)(C)O)CO3. The number of ketones is 1. The van der Waals surface area contributed by atoms with Crippen LogP contribution in [-0.4, -0.2) is 33.3 Å². The summed E-state index contributed by atoms with van der Waals surface area (Å²) >= 11 is 0. The summed E-state index contributed by atoms with van der Waals surface area (Å²) in [5.74, 6) is -0.675. The lowest BCUT2D eigenvalue weighted by molar-refractivity contribution is -0.0677. The van der Waals surface area contributed by atoms with Crippen molar-refractivity contribution in [2.75, 3.05) is 6.61 Å². The zero-order valence-corrected chi connectivity index (χ0v) is 18.4. The third-order valence-electron chi connectivity index (χ3n) is 6.11. The second-order valence-electron chi connectivity index (χ2n) is 9.20. The number of aromatic hydroxyl groups is 2. The second-order valence-corrected chi connectivity index (χ2v) is 9.20. The Morgan fingerprint density at radius 1 is 1.23 bits per heavy atom. The molecule has 0 saturated carbocycles. The first-order chi connectivity index (χ1) is 14.5. The molecule has 4 rings (SSSR count). The minimum atomic E-state index is -1.17. The predicted octanol–water partition coefficient (Wildman–Crippen LogP) is 4.36. The standard InChI is InChI=1S/C25H28O6/c1-12(2)6-7-14-8-9-17-19(21(14)27)22(28)18-16(26)10-13(3)23-20(18)24(31-17)15(11-30-23)25(4,5)29/h6,8-10,15,24,26-27,29H,7,11H2,1-5H3/t15-,24+/m1/s1. The molecule has 2 atom stereocenters. The minimum absolute atomic E-state index is 0.0184. The van der Waals surface area contributed by atoms with E-state index in [-0.39, 0.29) is 35.0 Å². The van der Waals surface area contributed by atoms with Crippen LogP contribution in [-0.2, 0) is 6.42 Å². The molecule has 164 valence electrons. The first-order valence-corrected chi connectivity index (χ1v) is 10.4. The first-order valence-electron chi connectivity index (χ1n) is 10.4. The topological polar surface area (TPSA) is 96.2 Å². The summed E-state index contributed by atoms with van der Waals surface area (Å²) in [6.07, 6.45) is 1.70. The fourth-order valence-corrected chi connectivity index (χ4v) is 4.36. The number of carbonyl (C=O) groups excluding carboxylic acids is 1. The number of aryl methyl sites for hydroxylation is 1. The number of hydrogen-bond donors (Lipinski definition) is 3. The maximum Gasteiger partial charge on any atom is 0.204 e. The maximum absolute atomic E-state index is 13.6. The molecule has 6 nitrogen and oxygen atoms in total. The summed E-state index contributed by atoms with van der Waals surface area (Å²) in [6, 6.07) is 4.90. The van der Waals surface area contributed by atoms with Gasteiger partial charge in [0.15, 0.2) is 0 Å². The largest absolute Gasteiger partial charge is 0.507 e. The zero-order chi connectivity index (χ0) is 22.7. The highest BCUT2D eigenvalue weighted by Crippen LogP contribution is 2.52. The Kier molecular flexibility index (Phi) is 5.01. The third kappa shape index (κ3) is 3.45. The predicted molar refractivity (Wildman–Crippen MR) is 116 cm³/mol. The van der Waals surface area contributed by atoms with Crippen LogP contribution in [0.3, 0.4) is 0 Å².